The van der Waals surface area contributed by atoms with Gasteiger partial charge >= 0.3 is 0 Å². The number of hydrogen-bond donors (Lipinski definition) is 1. The Hall–Kier alpha value is -1.94. The molecule has 4 heteroatoms. The van der Waals surface area contributed by atoms with Gasteiger partial charge in [-0.05, 0) is 12.0 Å². The minimum absolute atomic E-state index is 0.0279. The van der Waals surface area contributed by atoms with E-state index in [0.717, 1.165) is 12.0 Å². The van der Waals surface area contributed by atoms with Gasteiger partial charge in [0.05, 0.1) is 12.8 Å². The van der Waals surface area contributed by atoms with Gasteiger partial charge in [-0.25, -0.2) is 4.39 Å². The molecule has 100 valence electrons. The molecule has 0 radical (unpaired) electrons. The molecular weight excluding hydrogens is 245 g/mol. The zero-order valence-corrected chi connectivity index (χ0v) is 10.7. The Kier molecular flexibility index (Phi) is 4.47. The molecule has 0 amide bonds. The van der Waals surface area contributed by atoms with E-state index in [0.29, 0.717) is 5.75 Å². The highest BCUT2D eigenvalue weighted by atomic mass is 19.1. The molecule has 0 unspecified atom stereocenters. The third-order valence-corrected chi connectivity index (χ3v) is 2.86. The van der Waals surface area contributed by atoms with Crippen LogP contribution in [0.4, 0.5) is 4.39 Å². The fraction of sp³-hybridized carbons (Fsp3) is 0.267. The fourth-order valence-electron chi connectivity index (χ4n) is 1.85. The van der Waals surface area contributed by atoms with Crippen molar-refractivity contribution in [3.63, 3.8) is 0 Å². The summed E-state index contributed by atoms with van der Waals surface area (Å²) in [4.78, 5) is 3.83. The maximum atomic E-state index is 13.5. The second kappa shape index (κ2) is 6.29. The Morgan fingerprint density at radius 2 is 2.05 bits per heavy atom. The van der Waals surface area contributed by atoms with Crippen LogP contribution in [0.3, 0.4) is 0 Å². The fourth-order valence-corrected chi connectivity index (χ4v) is 1.85. The largest absolute Gasteiger partial charge is 0.484 e. The van der Waals surface area contributed by atoms with E-state index in [1.807, 2.05) is 37.3 Å². The van der Waals surface area contributed by atoms with E-state index in [1.165, 1.54) is 12.3 Å². The van der Waals surface area contributed by atoms with Gasteiger partial charge in [-0.2, -0.15) is 0 Å². The van der Waals surface area contributed by atoms with Gasteiger partial charge in [0.1, 0.15) is 17.5 Å². The number of aliphatic hydroxyl groups is 1. The Balaban J connectivity index is 2.17. The highest BCUT2D eigenvalue weighted by Gasteiger charge is 2.12. The molecular formula is C15H16FNO2. The van der Waals surface area contributed by atoms with Crippen LogP contribution in [0.2, 0.25) is 0 Å². The minimum Gasteiger partial charge on any atom is -0.484 e. The molecule has 2 aromatic rings. The molecule has 1 aromatic carbocycles. The summed E-state index contributed by atoms with van der Waals surface area (Å²) in [6, 6.07) is 11.0. The predicted molar refractivity (Wildman–Crippen MR) is 70.2 cm³/mol. The zero-order chi connectivity index (χ0) is 13.7. The third kappa shape index (κ3) is 3.29. The van der Waals surface area contributed by atoms with E-state index in [-0.39, 0.29) is 11.8 Å². The average Bonchev–Trinajstić information content (AvgIpc) is 2.46. The van der Waals surface area contributed by atoms with E-state index < -0.39 is 12.4 Å². The van der Waals surface area contributed by atoms with Gasteiger partial charge in [-0.3, -0.25) is 4.98 Å². The van der Waals surface area contributed by atoms with Crippen molar-refractivity contribution in [1.82, 2.24) is 4.98 Å². The summed E-state index contributed by atoms with van der Waals surface area (Å²) in [5.41, 5.74) is 1.07. The van der Waals surface area contributed by atoms with Gasteiger partial charge < -0.3 is 9.84 Å². The summed E-state index contributed by atoms with van der Waals surface area (Å²) >= 11 is 0. The first-order chi connectivity index (χ1) is 9.24. The van der Waals surface area contributed by atoms with E-state index in [4.69, 9.17) is 9.84 Å². The Bertz CT molecular complexity index is 531. The van der Waals surface area contributed by atoms with Crippen LogP contribution in [0.15, 0.2) is 42.6 Å². The quantitative estimate of drug-likeness (QED) is 0.898. The molecule has 0 aliphatic rings. The van der Waals surface area contributed by atoms with Crippen LogP contribution in [-0.4, -0.2) is 10.1 Å². The molecule has 19 heavy (non-hydrogen) atoms. The molecule has 0 aliphatic heterocycles. The molecule has 1 aromatic heterocycles. The lowest BCUT2D eigenvalue weighted by atomic mass is 10.1. The smallest absolute Gasteiger partial charge is 0.150 e. The number of benzene rings is 1. The van der Waals surface area contributed by atoms with E-state index in [1.54, 1.807) is 0 Å². The van der Waals surface area contributed by atoms with Crippen molar-refractivity contribution in [1.29, 1.82) is 0 Å². The molecule has 0 fully saturated rings. The highest BCUT2D eigenvalue weighted by Crippen LogP contribution is 2.25. The van der Waals surface area contributed by atoms with Gasteiger partial charge in [-0.15, -0.1) is 0 Å². The number of pyridine rings is 1. The van der Waals surface area contributed by atoms with Crippen LogP contribution in [0.5, 0.6) is 5.75 Å². The van der Waals surface area contributed by atoms with Crippen LogP contribution in [0.25, 0.3) is 0 Å². The van der Waals surface area contributed by atoms with Crippen LogP contribution in [0.1, 0.15) is 30.7 Å². The van der Waals surface area contributed by atoms with Crippen LogP contribution in [0, 0.1) is 5.82 Å². The lowest BCUT2D eigenvalue weighted by molar-refractivity contribution is 0.198. The summed E-state index contributed by atoms with van der Waals surface area (Å²) < 4.78 is 19.3. The maximum absolute atomic E-state index is 13.5. The van der Waals surface area contributed by atoms with E-state index in [2.05, 4.69) is 4.98 Å². The van der Waals surface area contributed by atoms with Crippen molar-refractivity contribution in [3.8, 4) is 5.75 Å². The van der Waals surface area contributed by atoms with Gasteiger partial charge in [0, 0.05) is 6.07 Å². The second-order valence-electron chi connectivity index (χ2n) is 4.18. The lowest BCUT2D eigenvalue weighted by Crippen LogP contribution is -2.07. The number of ether oxygens (including phenoxy) is 1. The van der Waals surface area contributed by atoms with Crippen molar-refractivity contribution in [3.05, 3.63) is 59.7 Å². The molecule has 1 heterocycles. The van der Waals surface area contributed by atoms with E-state index in [9.17, 15) is 4.39 Å². The predicted octanol–water partition coefficient (Wildman–Crippen LogP) is 3.24. The minimum atomic E-state index is -0.553. The Morgan fingerprint density at radius 3 is 2.63 bits per heavy atom. The highest BCUT2D eigenvalue weighted by molar-refractivity contribution is 5.24. The molecule has 1 atom stereocenters. The summed E-state index contributed by atoms with van der Waals surface area (Å²) in [5.74, 6) is -0.187. The van der Waals surface area contributed by atoms with Crippen molar-refractivity contribution in [2.45, 2.75) is 26.1 Å². The number of nitrogens with zero attached hydrogens (tertiary/aromatic N) is 1. The number of hydrogen-bond acceptors (Lipinski definition) is 3. The number of aromatic nitrogens is 1. The molecule has 0 saturated carbocycles. The van der Waals surface area contributed by atoms with E-state index >= 15 is 0 Å². The Labute approximate surface area is 111 Å². The molecule has 0 aliphatic carbocycles. The maximum Gasteiger partial charge on any atom is 0.150 e. The van der Waals surface area contributed by atoms with Crippen molar-refractivity contribution in [2.24, 2.45) is 0 Å². The van der Waals surface area contributed by atoms with Crippen LogP contribution < -0.4 is 4.74 Å². The number of halogens is 1. The standard InChI is InChI=1S/C15H16FNO2/c1-2-15(11-6-4-3-5-7-11)19-12-8-13(16)14(10-18)17-9-12/h3-9,15,18H,2,10H2,1H3/t15-/m0/s1. The van der Waals surface area contributed by atoms with Crippen molar-refractivity contribution in [2.75, 3.05) is 0 Å². The van der Waals surface area contributed by atoms with Crippen molar-refractivity contribution < 1.29 is 14.2 Å². The normalized spacial score (nSPS) is 12.2. The summed E-state index contributed by atoms with van der Waals surface area (Å²) in [6.45, 7) is 1.59. The van der Waals surface area contributed by atoms with Crippen LogP contribution >= 0.6 is 0 Å². The average molecular weight is 261 g/mol. The molecule has 0 saturated heterocycles. The monoisotopic (exact) mass is 261 g/mol. The first-order valence-electron chi connectivity index (χ1n) is 6.21. The number of aliphatic hydroxyl groups excluding tert-OH is 1. The number of rotatable bonds is 5. The summed E-state index contributed by atoms with van der Waals surface area (Å²) in [5, 5.41) is 8.87. The second-order valence-corrected chi connectivity index (χ2v) is 4.18. The molecule has 3 nitrogen and oxygen atoms in total. The van der Waals surface area contributed by atoms with Gasteiger partial charge in [0.2, 0.25) is 0 Å². The molecule has 2 rings (SSSR count). The summed E-state index contributed by atoms with van der Waals surface area (Å²) in [6.07, 6.45) is 2.07. The lowest BCUT2D eigenvalue weighted by Gasteiger charge is -2.18. The SMILES string of the molecule is CC[C@H](Oc1cnc(CO)c(F)c1)c1ccccc1. The summed E-state index contributed by atoms with van der Waals surface area (Å²) in [7, 11) is 0. The molecule has 0 bridgehead atoms. The third-order valence-electron chi connectivity index (χ3n) is 2.86. The first-order valence-corrected chi connectivity index (χ1v) is 6.21. The van der Waals surface area contributed by atoms with Gasteiger partial charge in [0.25, 0.3) is 0 Å². The first kappa shape index (κ1) is 13.5. The van der Waals surface area contributed by atoms with Crippen LogP contribution in [-0.2, 0) is 6.61 Å². The van der Waals surface area contributed by atoms with Crippen molar-refractivity contribution >= 4 is 0 Å². The zero-order valence-electron chi connectivity index (χ0n) is 10.7. The topological polar surface area (TPSA) is 42.4 Å². The Morgan fingerprint density at radius 1 is 1.32 bits per heavy atom. The molecule has 0 spiro atoms. The molecule has 1 N–H and O–H groups in total. The van der Waals surface area contributed by atoms with Gasteiger partial charge in [-0.1, -0.05) is 37.3 Å². The van der Waals surface area contributed by atoms with Gasteiger partial charge in [0.15, 0.2) is 5.82 Å².